The van der Waals surface area contributed by atoms with E-state index in [9.17, 15) is 4.79 Å². The zero-order chi connectivity index (χ0) is 17.6. The molecule has 0 aliphatic rings. The second-order valence-corrected chi connectivity index (χ2v) is 5.60. The number of hydrogen-bond donors (Lipinski definition) is 2. The van der Waals surface area contributed by atoms with E-state index in [1.54, 1.807) is 62.0 Å². The quantitative estimate of drug-likeness (QED) is 0.697. The van der Waals surface area contributed by atoms with E-state index in [0.29, 0.717) is 40.1 Å². The zero-order valence-corrected chi connectivity index (χ0v) is 14.2. The van der Waals surface area contributed by atoms with Crippen molar-refractivity contribution >= 4 is 28.9 Å². The van der Waals surface area contributed by atoms with Gasteiger partial charge in [0.05, 0.1) is 37.5 Å². The number of carbonyl (C=O) groups is 1. The maximum atomic E-state index is 12.1. The van der Waals surface area contributed by atoms with Crippen molar-refractivity contribution in [2.24, 2.45) is 0 Å². The second-order valence-electron chi connectivity index (χ2n) is 5.16. The molecule has 0 aliphatic heterocycles. The summed E-state index contributed by atoms with van der Waals surface area (Å²) in [6.45, 7) is 0.313. The topological polar surface area (TPSA) is 76.4 Å². The van der Waals surface area contributed by atoms with Gasteiger partial charge < -0.3 is 19.8 Å². The minimum atomic E-state index is -0.275. The lowest BCUT2D eigenvalue weighted by Gasteiger charge is -2.11. The predicted molar refractivity (Wildman–Crippen MR) is 95.4 cm³/mol. The molecule has 6 nitrogen and oxygen atoms in total. The number of anilines is 2. The molecule has 0 spiro atoms. The van der Waals surface area contributed by atoms with Crippen molar-refractivity contribution in [2.45, 2.75) is 6.54 Å². The van der Waals surface area contributed by atoms with E-state index in [1.807, 2.05) is 0 Å². The second kappa shape index (κ2) is 7.72. The average molecular weight is 358 g/mol. The van der Waals surface area contributed by atoms with Crippen LogP contribution in [0.3, 0.4) is 0 Å². The Bertz CT molecular complexity index is 849. The summed E-state index contributed by atoms with van der Waals surface area (Å²) in [6, 6.07) is 12.2. The molecule has 2 aromatic heterocycles. The van der Waals surface area contributed by atoms with Gasteiger partial charge in [0.1, 0.15) is 17.2 Å². The Morgan fingerprint density at radius 3 is 2.84 bits per heavy atom. The standard InChI is InChI=1S/C18H16ClN3O3/c1-24-17-7-4-12(19)9-16(17)22-13-5-6-15(20-10-13)18(23)21-11-14-3-2-8-25-14/h2-10,22H,11H2,1H3,(H,21,23). The van der Waals surface area contributed by atoms with E-state index in [4.69, 9.17) is 20.8 Å². The number of nitrogens with zero attached hydrogens (tertiary/aromatic N) is 1. The van der Waals surface area contributed by atoms with E-state index < -0.39 is 0 Å². The lowest BCUT2D eigenvalue weighted by Crippen LogP contribution is -2.23. The first-order valence-electron chi connectivity index (χ1n) is 7.53. The molecule has 3 rings (SSSR count). The van der Waals surface area contributed by atoms with Crippen LogP contribution in [-0.2, 0) is 6.54 Å². The largest absolute Gasteiger partial charge is 0.495 e. The number of methoxy groups -OCH3 is 1. The van der Waals surface area contributed by atoms with E-state index >= 15 is 0 Å². The first-order chi connectivity index (χ1) is 12.2. The van der Waals surface area contributed by atoms with Crippen LogP contribution < -0.4 is 15.4 Å². The summed E-state index contributed by atoms with van der Waals surface area (Å²) in [4.78, 5) is 16.3. The fraction of sp³-hybridized carbons (Fsp3) is 0.111. The van der Waals surface area contributed by atoms with Gasteiger partial charge in [0.25, 0.3) is 5.91 Å². The Morgan fingerprint density at radius 2 is 2.16 bits per heavy atom. The van der Waals surface area contributed by atoms with E-state index in [2.05, 4.69) is 15.6 Å². The van der Waals surface area contributed by atoms with Crippen LogP contribution in [0.2, 0.25) is 5.02 Å². The Morgan fingerprint density at radius 1 is 1.28 bits per heavy atom. The summed E-state index contributed by atoms with van der Waals surface area (Å²) in [5.41, 5.74) is 1.74. The van der Waals surface area contributed by atoms with Crippen LogP contribution in [0.1, 0.15) is 16.2 Å². The van der Waals surface area contributed by atoms with E-state index in [-0.39, 0.29) is 5.91 Å². The maximum Gasteiger partial charge on any atom is 0.270 e. The van der Waals surface area contributed by atoms with Crippen LogP contribution in [0.15, 0.2) is 59.3 Å². The molecule has 1 amide bonds. The van der Waals surface area contributed by atoms with Crippen molar-refractivity contribution in [3.05, 3.63) is 71.4 Å². The van der Waals surface area contributed by atoms with Gasteiger partial charge in [-0.25, -0.2) is 4.98 Å². The number of halogens is 1. The molecule has 0 saturated carbocycles. The Labute approximate surface area is 149 Å². The highest BCUT2D eigenvalue weighted by molar-refractivity contribution is 6.31. The van der Waals surface area contributed by atoms with Crippen LogP contribution in [0.25, 0.3) is 0 Å². The summed E-state index contributed by atoms with van der Waals surface area (Å²) in [5.74, 6) is 1.06. The highest BCUT2D eigenvalue weighted by Gasteiger charge is 2.09. The van der Waals surface area contributed by atoms with Crippen molar-refractivity contribution in [1.82, 2.24) is 10.3 Å². The van der Waals surface area contributed by atoms with Crippen molar-refractivity contribution < 1.29 is 13.9 Å². The molecule has 0 saturated heterocycles. The molecule has 0 radical (unpaired) electrons. The molecular weight excluding hydrogens is 342 g/mol. The van der Waals surface area contributed by atoms with Crippen molar-refractivity contribution in [2.75, 3.05) is 12.4 Å². The monoisotopic (exact) mass is 357 g/mol. The molecule has 0 unspecified atom stereocenters. The van der Waals surface area contributed by atoms with Crippen LogP contribution in [0.4, 0.5) is 11.4 Å². The van der Waals surface area contributed by atoms with Crippen molar-refractivity contribution in [1.29, 1.82) is 0 Å². The smallest absolute Gasteiger partial charge is 0.270 e. The summed E-state index contributed by atoms with van der Waals surface area (Å²) in [6.07, 6.45) is 3.13. The predicted octanol–water partition coefficient (Wildman–Crippen LogP) is 4.01. The van der Waals surface area contributed by atoms with Crippen molar-refractivity contribution in [3.8, 4) is 5.75 Å². The third-order valence-electron chi connectivity index (χ3n) is 3.44. The first-order valence-corrected chi connectivity index (χ1v) is 7.90. The summed E-state index contributed by atoms with van der Waals surface area (Å²) < 4.78 is 10.5. The Balaban J connectivity index is 1.66. The molecule has 0 aliphatic carbocycles. The fourth-order valence-corrected chi connectivity index (χ4v) is 2.38. The van der Waals surface area contributed by atoms with E-state index in [0.717, 1.165) is 0 Å². The van der Waals surface area contributed by atoms with Gasteiger partial charge in [0.2, 0.25) is 0 Å². The number of ether oxygens (including phenoxy) is 1. The number of amides is 1. The fourth-order valence-electron chi connectivity index (χ4n) is 2.21. The van der Waals surface area contributed by atoms with Gasteiger partial charge in [-0.15, -0.1) is 0 Å². The van der Waals surface area contributed by atoms with Gasteiger partial charge in [-0.1, -0.05) is 11.6 Å². The maximum absolute atomic E-state index is 12.1. The number of benzene rings is 1. The molecule has 3 aromatic rings. The zero-order valence-electron chi connectivity index (χ0n) is 13.5. The van der Waals surface area contributed by atoms with Gasteiger partial charge in [-0.3, -0.25) is 4.79 Å². The van der Waals surface area contributed by atoms with Gasteiger partial charge in [-0.2, -0.15) is 0 Å². The molecule has 128 valence electrons. The lowest BCUT2D eigenvalue weighted by atomic mass is 10.2. The average Bonchev–Trinajstić information content (AvgIpc) is 3.14. The molecule has 0 bridgehead atoms. The molecule has 1 aromatic carbocycles. The van der Waals surface area contributed by atoms with Crippen LogP contribution in [0.5, 0.6) is 5.75 Å². The Hall–Kier alpha value is -2.99. The van der Waals surface area contributed by atoms with Gasteiger partial charge in [0, 0.05) is 5.02 Å². The molecule has 2 heterocycles. The van der Waals surface area contributed by atoms with Crippen LogP contribution in [-0.4, -0.2) is 18.0 Å². The molecule has 0 atom stereocenters. The summed E-state index contributed by atoms with van der Waals surface area (Å²) in [7, 11) is 1.58. The number of hydrogen-bond acceptors (Lipinski definition) is 5. The molecule has 25 heavy (non-hydrogen) atoms. The highest BCUT2D eigenvalue weighted by Crippen LogP contribution is 2.30. The van der Waals surface area contributed by atoms with Gasteiger partial charge in [0.15, 0.2) is 0 Å². The normalized spacial score (nSPS) is 10.3. The number of pyridine rings is 1. The number of rotatable bonds is 6. The third kappa shape index (κ3) is 4.30. The number of carbonyl (C=O) groups excluding carboxylic acids is 1. The Kier molecular flexibility index (Phi) is 5.20. The molecular formula is C18H16ClN3O3. The van der Waals surface area contributed by atoms with Crippen LogP contribution >= 0.6 is 11.6 Å². The molecule has 0 fully saturated rings. The lowest BCUT2D eigenvalue weighted by molar-refractivity contribution is 0.0943. The summed E-state index contributed by atoms with van der Waals surface area (Å²) >= 11 is 6.01. The van der Waals surface area contributed by atoms with Gasteiger partial charge in [-0.05, 0) is 42.5 Å². The molecule has 2 N–H and O–H groups in total. The minimum Gasteiger partial charge on any atom is -0.495 e. The molecule has 7 heteroatoms. The third-order valence-corrected chi connectivity index (χ3v) is 3.68. The van der Waals surface area contributed by atoms with Gasteiger partial charge >= 0.3 is 0 Å². The van der Waals surface area contributed by atoms with Crippen molar-refractivity contribution in [3.63, 3.8) is 0 Å². The highest BCUT2D eigenvalue weighted by atomic mass is 35.5. The van der Waals surface area contributed by atoms with Crippen LogP contribution in [0, 0.1) is 0 Å². The number of nitrogens with one attached hydrogen (secondary N) is 2. The number of aromatic nitrogens is 1. The number of furan rings is 1. The minimum absolute atomic E-state index is 0.275. The summed E-state index contributed by atoms with van der Waals surface area (Å²) in [5, 5.41) is 6.50. The first kappa shape index (κ1) is 16.9. The SMILES string of the molecule is COc1ccc(Cl)cc1Nc1ccc(C(=O)NCc2ccco2)nc1. The van der Waals surface area contributed by atoms with E-state index in [1.165, 1.54) is 0 Å².